The van der Waals surface area contributed by atoms with Crippen molar-refractivity contribution in [1.29, 1.82) is 0 Å². The second-order valence-electron chi connectivity index (χ2n) is 4.92. The molecule has 0 spiro atoms. The Labute approximate surface area is 132 Å². The molecule has 0 aliphatic carbocycles. The van der Waals surface area contributed by atoms with Crippen molar-refractivity contribution in [2.45, 2.75) is 6.92 Å². The molecule has 0 aliphatic rings. The summed E-state index contributed by atoms with van der Waals surface area (Å²) >= 11 is 0. The highest BCUT2D eigenvalue weighted by Crippen LogP contribution is 2.08. The zero-order valence-corrected chi connectivity index (χ0v) is 12.5. The number of halogens is 1. The molecule has 0 bridgehead atoms. The molecule has 0 fully saturated rings. The fourth-order valence-electron chi connectivity index (χ4n) is 1.85. The minimum Gasteiger partial charge on any atom is -0.619 e. The monoisotopic (exact) mass is 317 g/mol. The van der Waals surface area contributed by atoms with Gasteiger partial charge in [-0.05, 0) is 24.6 Å². The molecule has 2 aromatic rings. The van der Waals surface area contributed by atoms with E-state index in [1.54, 1.807) is 6.92 Å². The first-order valence-corrected chi connectivity index (χ1v) is 6.99. The summed E-state index contributed by atoms with van der Waals surface area (Å²) in [5.74, 6) is -1.20. The normalized spacial score (nSPS) is 10.2. The molecule has 2 N–H and O–H groups in total. The van der Waals surface area contributed by atoms with Crippen molar-refractivity contribution >= 4 is 11.8 Å². The molecule has 0 unspecified atom stereocenters. The number of pyridine rings is 1. The Balaban J connectivity index is 1.78. The summed E-state index contributed by atoms with van der Waals surface area (Å²) in [7, 11) is 0. The molecule has 6 nitrogen and oxygen atoms in total. The Morgan fingerprint density at radius 1 is 1.04 bits per heavy atom. The Morgan fingerprint density at radius 3 is 2.17 bits per heavy atom. The van der Waals surface area contributed by atoms with Gasteiger partial charge in [0.15, 0.2) is 12.4 Å². The van der Waals surface area contributed by atoms with Gasteiger partial charge >= 0.3 is 0 Å². The molecular formula is C16H16FN3O3. The first-order valence-electron chi connectivity index (χ1n) is 6.99. The molecule has 0 atom stereocenters. The van der Waals surface area contributed by atoms with Crippen LogP contribution >= 0.6 is 0 Å². The first-order chi connectivity index (χ1) is 11.0. The van der Waals surface area contributed by atoms with E-state index in [0.29, 0.717) is 15.9 Å². The maximum absolute atomic E-state index is 13.4. The van der Waals surface area contributed by atoms with Crippen molar-refractivity contribution in [1.82, 2.24) is 10.6 Å². The van der Waals surface area contributed by atoms with E-state index in [4.69, 9.17) is 0 Å². The molecule has 0 radical (unpaired) electrons. The molecule has 7 heteroatoms. The standard InChI is InChI=1S/C16H16FN3O3/c1-11-2-3-13(10-14(11)17)16(22)19-7-6-18-15(21)12-4-8-20(23)9-5-12/h2-5,8-10H,6-7H2,1H3,(H,18,21)(H,19,22). The average molecular weight is 317 g/mol. The van der Waals surface area contributed by atoms with Crippen molar-refractivity contribution < 1.29 is 18.7 Å². The van der Waals surface area contributed by atoms with E-state index in [2.05, 4.69) is 10.6 Å². The van der Waals surface area contributed by atoms with Gasteiger partial charge in [-0.15, -0.1) is 0 Å². The van der Waals surface area contributed by atoms with Crippen molar-refractivity contribution in [2.75, 3.05) is 13.1 Å². The fraction of sp³-hybridized carbons (Fsp3) is 0.188. The van der Waals surface area contributed by atoms with E-state index < -0.39 is 11.7 Å². The lowest BCUT2D eigenvalue weighted by atomic mass is 10.1. The molecular weight excluding hydrogens is 301 g/mol. The topological polar surface area (TPSA) is 85.1 Å². The first kappa shape index (κ1) is 16.4. The van der Waals surface area contributed by atoms with E-state index >= 15 is 0 Å². The van der Waals surface area contributed by atoms with E-state index in [-0.39, 0.29) is 24.6 Å². The highest BCUT2D eigenvalue weighted by Gasteiger charge is 2.09. The third kappa shape index (κ3) is 4.50. The Kier molecular flexibility index (Phi) is 5.24. The fourth-order valence-corrected chi connectivity index (χ4v) is 1.85. The minimum atomic E-state index is -0.439. The molecule has 2 amide bonds. The number of aryl methyl sites for hydroxylation is 1. The summed E-state index contributed by atoms with van der Waals surface area (Å²) in [6.45, 7) is 2.03. The molecule has 1 aromatic heterocycles. The quantitative estimate of drug-likeness (QED) is 0.489. The van der Waals surface area contributed by atoms with Crippen molar-refractivity contribution in [3.8, 4) is 0 Å². The summed E-state index contributed by atoms with van der Waals surface area (Å²) in [6.07, 6.45) is 2.45. The zero-order chi connectivity index (χ0) is 16.8. The van der Waals surface area contributed by atoms with E-state index in [0.717, 1.165) is 0 Å². The summed E-state index contributed by atoms with van der Waals surface area (Å²) in [6, 6.07) is 7.04. The Morgan fingerprint density at radius 2 is 1.61 bits per heavy atom. The number of nitrogens with one attached hydrogen (secondary N) is 2. The number of hydrogen-bond donors (Lipinski definition) is 2. The molecule has 1 aromatic carbocycles. The van der Waals surface area contributed by atoms with E-state index in [1.807, 2.05) is 0 Å². The van der Waals surface area contributed by atoms with Gasteiger partial charge in [0.1, 0.15) is 5.82 Å². The number of hydrogen-bond acceptors (Lipinski definition) is 3. The van der Waals surface area contributed by atoms with Gasteiger partial charge in [-0.25, -0.2) is 4.39 Å². The number of carbonyl (C=O) groups excluding carboxylic acids is 2. The average Bonchev–Trinajstić information content (AvgIpc) is 2.54. The van der Waals surface area contributed by atoms with Crippen LogP contribution in [0.25, 0.3) is 0 Å². The van der Waals surface area contributed by atoms with Crippen LogP contribution in [0.15, 0.2) is 42.7 Å². The van der Waals surface area contributed by atoms with Gasteiger partial charge in [0.2, 0.25) is 0 Å². The van der Waals surface area contributed by atoms with Crippen molar-refractivity contribution in [3.63, 3.8) is 0 Å². The number of benzene rings is 1. The molecule has 2 rings (SSSR count). The smallest absolute Gasteiger partial charge is 0.251 e. The second kappa shape index (κ2) is 7.35. The van der Waals surface area contributed by atoms with Crippen LogP contribution in [0, 0.1) is 17.9 Å². The van der Waals surface area contributed by atoms with Crippen LogP contribution in [-0.2, 0) is 0 Å². The van der Waals surface area contributed by atoms with Gasteiger partial charge in [-0.1, -0.05) is 6.07 Å². The van der Waals surface area contributed by atoms with Crippen LogP contribution in [-0.4, -0.2) is 24.9 Å². The molecule has 0 saturated carbocycles. The molecule has 1 heterocycles. The van der Waals surface area contributed by atoms with Crippen molar-refractivity contribution in [2.24, 2.45) is 0 Å². The number of nitrogens with zero attached hydrogens (tertiary/aromatic N) is 1. The lowest BCUT2D eigenvalue weighted by Gasteiger charge is -2.08. The van der Waals surface area contributed by atoms with E-state index in [9.17, 15) is 19.2 Å². The predicted molar refractivity (Wildman–Crippen MR) is 81.2 cm³/mol. The third-order valence-electron chi connectivity index (χ3n) is 3.19. The maximum Gasteiger partial charge on any atom is 0.251 e. The van der Waals surface area contributed by atoms with Crippen LogP contribution in [0.4, 0.5) is 4.39 Å². The molecule has 120 valence electrons. The van der Waals surface area contributed by atoms with Crippen LogP contribution in [0.2, 0.25) is 0 Å². The lowest BCUT2D eigenvalue weighted by Crippen LogP contribution is -2.35. The van der Waals surface area contributed by atoms with Gasteiger partial charge < -0.3 is 15.8 Å². The SMILES string of the molecule is Cc1ccc(C(=O)NCCNC(=O)c2cc[n+]([O-])cc2)cc1F. The zero-order valence-electron chi connectivity index (χ0n) is 12.5. The van der Waals surface area contributed by atoms with Gasteiger partial charge in [-0.2, -0.15) is 4.73 Å². The Bertz CT molecular complexity index is 717. The van der Waals surface area contributed by atoms with Gasteiger partial charge in [0.05, 0.1) is 5.56 Å². The third-order valence-corrected chi connectivity index (χ3v) is 3.19. The van der Waals surface area contributed by atoms with Crippen LogP contribution in [0.1, 0.15) is 26.3 Å². The van der Waals surface area contributed by atoms with Crippen LogP contribution in [0.3, 0.4) is 0 Å². The molecule has 0 saturated heterocycles. The summed E-state index contributed by atoms with van der Waals surface area (Å²) < 4.78 is 14.0. The largest absolute Gasteiger partial charge is 0.619 e. The summed E-state index contributed by atoms with van der Waals surface area (Å²) in [4.78, 5) is 23.6. The summed E-state index contributed by atoms with van der Waals surface area (Å²) in [5, 5.41) is 16.1. The number of amides is 2. The van der Waals surface area contributed by atoms with Gasteiger partial charge in [-0.3, -0.25) is 9.59 Å². The number of carbonyl (C=O) groups is 2. The maximum atomic E-state index is 13.4. The summed E-state index contributed by atoms with van der Waals surface area (Å²) in [5.41, 5.74) is 1.04. The molecule has 23 heavy (non-hydrogen) atoms. The Hall–Kier alpha value is -2.96. The molecule has 0 aliphatic heterocycles. The highest BCUT2D eigenvalue weighted by atomic mass is 19.1. The van der Waals surface area contributed by atoms with Gasteiger partial charge in [0, 0.05) is 30.8 Å². The second-order valence-corrected chi connectivity index (χ2v) is 4.92. The van der Waals surface area contributed by atoms with Crippen molar-refractivity contribution in [3.05, 3.63) is 70.4 Å². The minimum absolute atomic E-state index is 0.203. The van der Waals surface area contributed by atoms with Gasteiger partial charge in [0.25, 0.3) is 11.8 Å². The highest BCUT2D eigenvalue weighted by molar-refractivity contribution is 5.95. The van der Waals surface area contributed by atoms with Crippen LogP contribution < -0.4 is 15.4 Å². The van der Waals surface area contributed by atoms with E-state index in [1.165, 1.54) is 42.7 Å². The van der Waals surface area contributed by atoms with Crippen LogP contribution in [0.5, 0.6) is 0 Å². The number of rotatable bonds is 5. The predicted octanol–water partition coefficient (Wildman–Crippen LogP) is 0.927. The lowest BCUT2D eigenvalue weighted by molar-refractivity contribution is -0.605. The number of aromatic nitrogens is 1.